The Morgan fingerprint density at radius 3 is 2.78 bits per heavy atom. The van der Waals surface area contributed by atoms with Gasteiger partial charge in [-0.1, -0.05) is 12.1 Å². The zero-order valence-electron chi connectivity index (χ0n) is 10.6. The first-order chi connectivity index (χ1) is 8.54. The Bertz CT molecular complexity index is 565. The number of rotatable bonds is 3. The molecule has 5 heteroatoms. The minimum atomic E-state index is -0.470. The lowest BCUT2D eigenvalue weighted by Gasteiger charge is -2.15. The normalized spacial score (nSPS) is 12.5. The molecule has 1 heterocycles. The maximum atomic E-state index is 13.6. The lowest BCUT2D eigenvalue weighted by atomic mass is 10.0. The second kappa shape index (κ2) is 4.78. The van der Waals surface area contributed by atoms with E-state index in [2.05, 4.69) is 5.10 Å². The third-order valence-corrected chi connectivity index (χ3v) is 3.02. The van der Waals surface area contributed by atoms with E-state index in [-0.39, 0.29) is 5.82 Å². The summed E-state index contributed by atoms with van der Waals surface area (Å²) in [4.78, 5) is 0. The second-order valence-electron chi connectivity index (χ2n) is 4.21. The van der Waals surface area contributed by atoms with Gasteiger partial charge in [0.1, 0.15) is 11.5 Å². The number of aryl methyl sites for hydroxylation is 2. The van der Waals surface area contributed by atoms with E-state index < -0.39 is 6.04 Å². The summed E-state index contributed by atoms with van der Waals surface area (Å²) in [6, 6.07) is 4.51. The first-order valence-corrected chi connectivity index (χ1v) is 5.62. The van der Waals surface area contributed by atoms with Crippen molar-refractivity contribution in [2.45, 2.75) is 13.0 Å². The quantitative estimate of drug-likeness (QED) is 0.904. The van der Waals surface area contributed by atoms with Crippen molar-refractivity contribution in [3.8, 4) is 5.75 Å². The molecule has 18 heavy (non-hydrogen) atoms. The van der Waals surface area contributed by atoms with Gasteiger partial charge in [-0.15, -0.1) is 0 Å². The van der Waals surface area contributed by atoms with Crippen LogP contribution >= 0.6 is 0 Å². The molecule has 1 aromatic heterocycles. The highest BCUT2D eigenvalue weighted by Gasteiger charge is 2.19. The average molecular weight is 249 g/mol. The third-order valence-electron chi connectivity index (χ3n) is 3.02. The van der Waals surface area contributed by atoms with E-state index in [0.717, 1.165) is 5.69 Å². The number of nitrogens with zero attached hydrogens (tertiary/aromatic N) is 2. The molecule has 4 nitrogen and oxygen atoms in total. The van der Waals surface area contributed by atoms with E-state index in [0.29, 0.717) is 16.9 Å². The fourth-order valence-corrected chi connectivity index (χ4v) is 1.90. The number of benzene rings is 1. The topological polar surface area (TPSA) is 53.1 Å². The fourth-order valence-electron chi connectivity index (χ4n) is 1.90. The molecule has 1 unspecified atom stereocenters. The van der Waals surface area contributed by atoms with E-state index in [1.807, 2.05) is 6.07 Å². The van der Waals surface area contributed by atoms with E-state index in [1.54, 1.807) is 38.0 Å². The summed E-state index contributed by atoms with van der Waals surface area (Å²) in [5.74, 6) is 0.343. The highest BCUT2D eigenvalue weighted by atomic mass is 19.1. The van der Waals surface area contributed by atoms with Gasteiger partial charge in [0.2, 0.25) is 0 Å². The van der Waals surface area contributed by atoms with Crippen LogP contribution < -0.4 is 10.5 Å². The first kappa shape index (κ1) is 12.6. The molecule has 1 aromatic carbocycles. The second-order valence-corrected chi connectivity index (χ2v) is 4.21. The highest BCUT2D eigenvalue weighted by Crippen LogP contribution is 2.28. The summed E-state index contributed by atoms with van der Waals surface area (Å²) >= 11 is 0. The molecule has 0 aliphatic rings. The minimum Gasteiger partial charge on any atom is -0.493 e. The minimum absolute atomic E-state index is 0.260. The largest absolute Gasteiger partial charge is 0.493 e. The maximum Gasteiger partial charge on any atom is 0.161 e. The summed E-state index contributed by atoms with van der Waals surface area (Å²) < 4.78 is 20.4. The van der Waals surface area contributed by atoms with Crippen molar-refractivity contribution in [2.75, 3.05) is 7.11 Å². The van der Waals surface area contributed by atoms with Gasteiger partial charge >= 0.3 is 0 Å². The molecule has 0 spiro atoms. The van der Waals surface area contributed by atoms with Crippen molar-refractivity contribution < 1.29 is 9.13 Å². The molecule has 0 aliphatic carbocycles. The van der Waals surface area contributed by atoms with Gasteiger partial charge < -0.3 is 10.5 Å². The Hall–Kier alpha value is -1.88. The zero-order chi connectivity index (χ0) is 13.3. The Kier molecular flexibility index (Phi) is 3.34. The molecule has 0 saturated carbocycles. The first-order valence-electron chi connectivity index (χ1n) is 5.62. The van der Waals surface area contributed by atoms with Crippen LogP contribution in [0.25, 0.3) is 0 Å². The molecule has 2 N–H and O–H groups in total. The maximum absolute atomic E-state index is 13.6. The van der Waals surface area contributed by atoms with Crippen LogP contribution in [-0.2, 0) is 7.05 Å². The summed E-state index contributed by atoms with van der Waals surface area (Å²) in [5, 5.41) is 4.09. The lowest BCUT2D eigenvalue weighted by molar-refractivity contribution is 0.406. The Labute approximate surface area is 105 Å². The predicted molar refractivity (Wildman–Crippen MR) is 66.9 cm³/mol. The van der Waals surface area contributed by atoms with Gasteiger partial charge in [0.25, 0.3) is 0 Å². The molecule has 0 amide bonds. The van der Waals surface area contributed by atoms with Gasteiger partial charge in [-0.25, -0.2) is 4.39 Å². The van der Waals surface area contributed by atoms with E-state index in [9.17, 15) is 4.39 Å². The molecule has 0 saturated heterocycles. The summed E-state index contributed by atoms with van der Waals surface area (Å²) in [7, 11) is 3.34. The van der Waals surface area contributed by atoms with Gasteiger partial charge in [0.15, 0.2) is 5.75 Å². The molecule has 0 fully saturated rings. The van der Waals surface area contributed by atoms with Crippen LogP contribution in [0.2, 0.25) is 0 Å². The summed E-state index contributed by atoms with van der Waals surface area (Å²) in [5.41, 5.74) is 8.17. The molecule has 1 atom stereocenters. The van der Waals surface area contributed by atoms with E-state index in [4.69, 9.17) is 10.5 Å². The van der Waals surface area contributed by atoms with E-state index in [1.165, 1.54) is 6.07 Å². The SMILES string of the molecule is COc1cnn(C)c1C(N)c1ccc(C)c(F)c1. The number of halogens is 1. The van der Waals surface area contributed by atoms with E-state index >= 15 is 0 Å². The third kappa shape index (κ3) is 2.09. The smallest absolute Gasteiger partial charge is 0.161 e. The van der Waals surface area contributed by atoms with Crippen LogP contribution in [0.4, 0.5) is 4.39 Å². The van der Waals surface area contributed by atoms with Crippen molar-refractivity contribution in [1.29, 1.82) is 0 Å². The van der Waals surface area contributed by atoms with Crippen molar-refractivity contribution in [3.05, 3.63) is 47.0 Å². The molecule has 2 aromatic rings. The van der Waals surface area contributed by atoms with Gasteiger partial charge in [0, 0.05) is 7.05 Å². The van der Waals surface area contributed by atoms with Crippen LogP contribution in [0.3, 0.4) is 0 Å². The molecule has 0 bridgehead atoms. The number of nitrogens with two attached hydrogens (primary N) is 1. The number of hydrogen-bond acceptors (Lipinski definition) is 3. The average Bonchev–Trinajstić information content (AvgIpc) is 2.73. The van der Waals surface area contributed by atoms with Crippen molar-refractivity contribution >= 4 is 0 Å². The molecule has 0 aliphatic heterocycles. The van der Waals surface area contributed by atoms with Crippen LogP contribution in [0.1, 0.15) is 22.9 Å². The fraction of sp³-hybridized carbons (Fsp3) is 0.308. The molecular formula is C13H16FN3O. The van der Waals surface area contributed by atoms with Gasteiger partial charge in [-0.2, -0.15) is 5.10 Å². The van der Waals surface area contributed by atoms with Gasteiger partial charge in [-0.3, -0.25) is 4.68 Å². The molecule has 96 valence electrons. The number of ether oxygens (including phenoxy) is 1. The number of aromatic nitrogens is 2. The predicted octanol–water partition coefficient (Wildman–Crippen LogP) is 1.92. The summed E-state index contributed by atoms with van der Waals surface area (Å²) in [6.45, 7) is 1.72. The standard InChI is InChI=1S/C13H16FN3O/c1-8-4-5-9(6-10(8)14)12(15)13-11(18-3)7-16-17(13)2/h4-7,12H,15H2,1-3H3. The van der Waals surface area contributed by atoms with Gasteiger partial charge in [0.05, 0.1) is 19.3 Å². The van der Waals surface area contributed by atoms with Crippen molar-refractivity contribution in [3.63, 3.8) is 0 Å². The zero-order valence-corrected chi connectivity index (χ0v) is 10.6. The van der Waals surface area contributed by atoms with Gasteiger partial charge in [-0.05, 0) is 24.1 Å². The Morgan fingerprint density at radius 2 is 2.17 bits per heavy atom. The highest BCUT2D eigenvalue weighted by molar-refractivity contribution is 5.37. The van der Waals surface area contributed by atoms with Crippen molar-refractivity contribution in [1.82, 2.24) is 9.78 Å². The lowest BCUT2D eigenvalue weighted by Crippen LogP contribution is -2.17. The van der Waals surface area contributed by atoms with Crippen LogP contribution in [0.15, 0.2) is 24.4 Å². The molecular weight excluding hydrogens is 233 g/mol. The van der Waals surface area contributed by atoms with Crippen molar-refractivity contribution in [2.24, 2.45) is 12.8 Å². The monoisotopic (exact) mass is 249 g/mol. The molecule has 0 radical (unpaired) electrons. The van der Waals surface area contributed by atoms with Crippen LogP contribution in [0, 0.1) is 12.7 Å². The number of hydrogen-bond donors (Lipinski definition) is 1. The van der Waals surface area contributed by atoms with Crippen LogP contribution in [-0.4, -0.2) is 16.9 Å². The summed E-state index contributed by atoms with van der Waals surface area (Å²) in [6.07, 6.45) is 1.60. The number of methoxy groups -OCH3 is 1. The Balaban J connectivity index is 2.44. The Morgan fingerprint density at radius 1 is 1.44 bits per heavy atom. The van der Waals surface area contributed by atoms with Crippen LogP contribution in [0.5, 0.6) is 5.75 Å². The molecule has 2 rings (SSSR count).